The Morgan fingerprint density at radius 2 is 1.44 bits per heavy atom. The van der Waals surface area contributed by atoms with Gasteiger partial charge < -0.3 is 9.47 Å². The molecular weight excluding hydrogens is 436 g/mol. The van der Waals surface area contributed by atoms with Crippen molar-refractivity contribution >= 4 is 34.1 Å². The molecule has 0 fully saturated rings. The number of ether oxygens (including phenoxy) is 2. The van der Waals surface area contributed by atoms with E-state index in [0.29, 0.717) is 13.2 Å². The Bertz CT molecular complexity index is 893. The second-order valence-electron chi connectivity index (χ2n) is 8.42. The normalized spacial score (nSPS) is 11.3. The van der Waals surface area contributed by atoms with Crippen molar-refractivity contribution in [3.05, 3.63) is 23.6 Å². The van der Waals surface area contributed by atoms with Crippen LogP contribution in [0, 0.1) is 0 Å². The molecule has 3 aromatic rings. The van der Waals surface area contributed by atoms with Gasteiger partial charge in [0, 0.05) is 10.9 Å². The minimum atomic E-state index is 0.709. The van der Waals surface area contributed by atoms with Crippen LogP contribution in [0.5, 0.6) is 11.5 Å². The van der Waals surface area contributed by atoms with Gasteiger partial charge in [0.15, 0.2) is 11.5 Å². The summed E-state index contributed by atoms with van der Waals surface area (Å²) in [5.74, 6) is 1.65. The van der Waals surface area contributed by atoms with Crippen LogP contribution in [0.3, 0.4) is 0 Å². The Morgan fingerprint density at radius 3 is 2.09 bits per heavy atom. The highest BCUT2D eigenvalue weighted by molar-refractivity contribution is 7.13. The highest BCUT2D eigenvalue weighted by atomic mass is 32.1. The molecule has 0 amide bonds. The third-order valence-corrected chi connectivity index (χ3v) is 7.17. The van der Waals surface area contributed by atoms with E-state index < -0.39 is 0 Å². The quantitative estimate of drug-likeness (QED) is 0.183. The fourth-order valence-corrected chi connectivity index (χ4v) is 5.21. The number of aromatic nitrogens is 2. The lowest BCUT2D eigenvalue weighted by Gasteiger charge is -2.17. The Labute approximate surface area is 201 Å². The first-order valence-corrected chi connectivity index (χ1v) is 14.0. The summed E-state index contributed by atoms with van der Waals surface area (Å²) in [5, 5.41) is 2.10. The fourth-order valence-electron chi connectivity index (χ4n) is 3.91. The number of rotatable bonds is 17. The second kappa shape index (κ2) is 14.5. The first-order chi connectivity index (χ1) is 15.8. The van der Waals surface area contributed by atoms with Crippen molar-refractivity contribution in [2.24, 2.45) is 0 Å². The van der Waals surface area contributed by atoms with Gasteiger partial charge in [-0.05, 0) is 24.3 Å². The van der Waals surface area contributed by atoms with Crippen molar-refractivity contribution < 1.29 is 9.47 Å². The SMILES string of the molecule is CCCCCCCCOc1cc2nsnc2c(-c2cccs2)c1OCCCCCCCC. The minimum absolute atomic E-state index is 0.709. The molecule has 0 bridgehead atoms. The van der Waals surface area contributed by atoms with Gasteiger partial charge in [-0.3, -0.25) is 0 Å². The summed E-state index contributed by atoms with van der Waals surface area (Å²) in [5.41, 5.74) is 2.85. The molecule has 0 unspecified atom stereocenters. The molecule has 176 valence electrons. The molecule has 0 aliphatic rings. The maximum Gasteiger partial charge on any atom is 0.172 e. The average molecular weight is 475 g/mol. The van der Waals surface area contributed by atoms with E-state index in [9.17, 15) is 0 Å². The molecule has 2 heterocycles. The second-order valence-corrected chi connectivity index (χ2v) is 9.90. The number of thiophene rings is 1. The minimum Gasteiger partial charge on any atom is -0.490 e. The zero-order valence-corrected chi connectivity index (χ0v) is 21.4. The van der Waals surface area contributed by atoms with Crippen LogP contribution in [0.25, 0.3) is 21.5 Å². The average Bonchev–Trinajstić information content (AvgIpc) is 3.50. The van der Waals surface area contributed by atoms with Gasteiger partial charge in [-0.1, -0.05) is 84.1 Å². The van der Waals surface area contributed by atoms with Gasteiger partial charge in [-0.2, -0.15) is 8.75 Å². The molecule has 3 rings (SSSR count). The zero-order valence-electron chi connectivity index (χ0n) is 19.7. The van der Waals surface area contributed by atoms with Gasteiger partial charge in [-0.25, -0.2) is 0 Å². The molecule has 0 radical (unpaired) electrons. The van der Waals surface area contributed by atoms with Gasteiger partial charge in [0.2, 0.25) is 0 Å². The van der Waals surface area contributed by atoms with Gasteiger partial charge in [-0.15, -0.1) is 11.3 Å². The van der Waals surface area contributed by atoms with E-state index in [-0.39, 0.29) is 0 Å². The predicted octanol–water partition coefficient (Wildman–Crippen LogP) is 8.90. The van der Waals surface area contributed by atoms with Gasteiger partial charge in [0.1, 0.15) is 11.0 Å². The maximum absolute atomic E-state index is 6.40. The largest absolute Gasteiger partial charge is 0.490 e. The van der Waals surface area contributed by atoms with Crippen molar-refractivity contribution in [3.63, 3.8) is 0 Å². The molecule has 0 saturated carbocycles. The van der Waals surface area contributed by atoms with Crippen LogP contribution < -0.4 is 9.47 Å². The fraction of sp³-hybridized carbons (Fsp3) is 0.615. The summed E-state index contributed by atoms with van der Waals surface area (Å²) >= 11 is 2.97. The summed E-state index contributed by atoms with van der Waals surface area (Å²) in [4.78, 5) is 1.16. The number of hydrogen-bond acceptors (Lipinski definition) is 6. The van der Waals surface area contributed by atoms with Crippen LogP contribution in [-0.2, 0) is 0 Å². The molecular formula is C26H38N2O2S2. The predicted molar refractivity (Wildman–Crippen MR) is 138 cm³/mol. The van der Waals surface area contributed by atoms with Crippen molar-refractivity contribution in [1.29, 1.82) is 0 Å². The van der Waals surface area contributed by atoms with Crippen LogP contribution in [-0.4, -0.2) is 22.0 Å². The van der Waals surface area contributed by atoms with Crippen molar-refractivity contribution in [3.8, 4) is 21.9 Å². The summed E-state index contributed by atoms with van der Waals surface area (Å²) in [6.07, 6.45) is 15.0. The molecule has 0 N–H and O–H groups in total. The molecule has 0 saturated heterocycles. The number of fused-ring (bicyclic) bond motifs is 1. The monoisotopic (exact) mass is 474 g/mol. The van der Waals surface area contributed by atoms with Crippen molar-refractivity contribution in [2.45, 2.75) is 90.9 Å². The summed E-state index contributed by atoms with van der Waals surface area (Å²) in [6, 6.07) is 6.23. The Balaban J connectivity index is 1.70. The third-order valence-electron chi connectivity index (χ3n) is 5.74. The van der Waals surface area contributed by atoms with E-state index >= 15 is 0 Å². The van der Waals surface area contributed by atoms with E-state index in [0.717, 1.165) is 45.8 Å². The van der Waals surface area contributed by atoms with Crippen molar-refractivity contribution in [2.75, 3.05) is 13.2 Å². The summed E-state index contributed by atoms with van der Waals surface area (Å²) in [7, 11) is 0. The molecule has 6 heteroatoms. The molecule has 4 nitrogen and oxygen atoms in total. The summed E-state index contributed by atoms with van der Waals surface area (Å²) < 4.78 is 21.8. The Hall–Kier alpha value is -1.66. The van der Waals surface area contributed by atoms with E-state index in [1.165, 1.54) is 75.9 Å². The first-order valence-electron chi connectivity index (χ1n) is 12.4. The molecule has 0 spiro atoms. The van der Waals surface area contributed by atoms with Gasteiger partial charge >= 0.3 is 0 Å². The van der Waals surface area contributed by atoms with Gasteiger partial charge in [0.05, 0.1) is 30.5 Å². The molecule has 0 aliphatic carbocycles. The zero-order chi connectivity index (χ0) is 22.4. The maximum atomic E-state index is 6.40. The summed E-state index contributed by atoms with van der Waals surface area (Å²) in [6.45, 7) is 5.93. The molecule has 0 atom stereocenters. The lowest BCUT2D eigenvalue weighted by atomic mass is 10.1. The highest BCUT2D eigenvalue weighted by Crippen LogP contribution is 2.45. The standard InChI is InChI=1S/C26H38N2O2S2/c1-3-5-7-9-11-13-17-29-22-20-21-25(28-32-27-21)24(23-16-15-19-31-23)26(22)30-18-14-12-10-8-6-4-2/h15-16,19-20H,3-14,17-18H2,1-2H3. The van der Waals surface area contributed by atoms with Crippen molar-refractivity contribution in [1.82, 2.24) is 8.75 Å². The number of nitrogens with zero attached hydrogens (tertiary/aromatic N) is 2. The number of hydrogen-bond donors (Lipinski definition) is 0. The number of benzene rings is 1. The molecule has 32 heavy (non-hydrogen) atoms. The van der Waals surface area contributed by atoms with Crippen LogP contribution in [0.1, 0.15) is 90.9 Å². The van der Waals surface area contributed by atoms with E-state index in [1.807, 2.05) is 6.07 Å². The first kappa shape index (κ1) is 25.0. The molecule has 1 aromatic carbocycles. The van der Waals surface area contributed by atoms with E-state index in [2.05, 4.69) is 40.1 Å². The van der Waals surface area contributed by atoms with Gasteiger partial charge in [0.25, 0.3) is 0 Å². The van der Waals surface area contributed by atoms with E-state index in [4.69, 9.17) is 9.47 Å². The third kappa shape index (κ3) is 7.45. The van der Waals surface area contributed by atoms with E-state index in [1.54, 1.807) is 11.3 Å². The number of unbranched alkanes of at least 4 members (excludes halogenated alkanes) is 10. The van der Waals surface area contributed by atoms with Crippen LogP contribution in [0.2, 0.25) is 0 Å². The lowest BCUT2D eigenvalue weighted by molar-refractivity contribution is 0.260. The smallest absolute Gasteiger partial charge is 0.172 e. The highest BCUT2D eigenvalue weighted by Gasteiger charge is 2.21. The Kier molecular flexibility index (Phi) is 11.3. The van der Waals surface area contributed by atoms with Crippen LogP contribution in [0.15, 0.2) is 23.6 Å². The van der Waals surface area contributed by atoms with Crippen LogP contribution >= 0.6 is 23.1 Å². The van der Waals surface area contributed by atoms with Crippen LogP contribution in [0.4, 0.5) is 0 Å². The lowest BCUT2D eigenvalue weighted by Crippen LogP contribution is -2.04. The topological polar surface area (TPSA) is 44.2 Å². The molecule has 2 aromatic heterocycles. The molecule has 0 aliphatic heterocycles. The Morgan fingerprint density at radius 1 is 0.781 bits per heavy atom.